The number of thioether (sulfide) groups is 1. The van der Waals surface area contributed by atoms with Gasteiger partial charge in [-0.2, -0.15) is 0 Å². The molecule has 1 aromatic rings. The first-order chi connectivity index (χ1) is 8.49. The average Bonchev–Trinajstić information content (AvgIpc) is 2.32. The van der Waals surface area contributed by atoms with Gasteiger partial charge in [-0.3, -0.25) is 0 Å². The van der Waals surface area contributed by atoms with Crippen molar-refractivity contribution in [3.05, 3.63) is 17.0 Å². The SMILES string of the molecule is CCNC(CC)C(C)Sc1nc(C)c(C)c(C)n1. The van der Waals surface area contributed by atoms with Gasteiger partial charge < -0.3 is 5.32 Å². The number of aromatic nitrogens is 2. The van der Waals surface area contributed by atoms with Crippen LogP contribution in [0, 0.1) is 20.8 Å². The maximum atomic E-state index is 4.57. The van der Waals surface area contributed by atoms with Crippen molar-refractivity contribution in [2.24, 2.45) is 0 Å². The molecule has 0 bridgehead atoms. The van der Waals surface area contributed by atoms with E-state index in [0.29, 0.717) is 11.3 Å². The molecule has 1 rings (SSSR count). The third-order valence-electron chi connectivity index (χ3n) is 3.38. The lowest BCUT2D eigenvalue weighted by Gasteiger charge is -2.22. The molecule has 2 atom stereocenters. The molecule has 1 N–H and O–H groups in total. The van der Waals surface area contributed by atoms with E-state index >= 15 is 0 Å². The van der Waals surface area contributed by atoms with Gasteiger partial charge in [0.25, 0.3) is 0 Å². The van der Waals surface area contributed by atoms with Crippen LogP contribution in [0.4, 0.5) is 0 Å². The highest BCUT2D eigenvalue weighted by Gasteiger charge is 2.17. The molecule has 0 aliphatic heterocycles. The van der Waals surface area contributed by atoms with Crippen molar-refractivity contribution >= 4 is 11.8 Å². The minimum Gasteiger partial charge on any atom is -0.313 e. The van der Waals surface area contributed by atoms with E-state index in [9.17, 15) is 0 Å². The lowest BCUT2D eigenvalue weighted by molar-refractivity contribution is 0.508. The van der Waals surface area contributed by atoms with E-state index in [-0.39, 0.29) is 0 Å². The van der Waals surface area contributed by atoms with E-state index in [1.807, 2.05) is 0 Å². The van der Waals surface area contributed by atoms with Crippen molar-refractivity contribution < 1.29 is 0 Å². The Hall–Kier alpha value is -0.610. The molecule has 2 unspecified atom stereocenters. The van der Waals surface area contributed by atoms with Crippen LogP contribution in [0.1, 0.15) is 44.1 Å². The van der Waals surface area contributed by atoms with Crippen molar-refractivity contribution in [2.45, 2.75) is 64.4 Å². The number of nitrogens with zero attached hydrogens (tertiary/aromatic N) is 2. The van der Waals surface area contributed by atoms with Crippen LogP contribution in [0.5, 0.6) is 0 Å². The van der Waals surface area contributed by atoms with E-state index in [4.69, 9.17) is 0 Å². The summed E-state index contributed by atoms with van der Waals surface area (Å²) in [5, 5.41) is 4.90. The molecule has 0 aromatic carbocycles. The smallest absolute Gasteiger partial charge is 0.188 e. The molecule has 102 valence electrons. The highest BCUT2D eigenvalue weighted by atomic mass is 32.2. The van der Waals surface area contributed by atoms with Gasteiger partial charge in [0.15, 0.2) is 5.16 Å². The number of hydrogen-bond acceptors (Lipinski definition) is 4. The summed E-state index contributed by atoms with van der Waals surface area (Å²) in [6.45, 7) is 13.8. The van der Waals surface area contributed by atoms with Gasteiger partial charge in [0.2, 0.25) is 0 Å². The number of hydrogen-bond donors (Lipinski definition) is 1. The summed E-state index contributed by atoms with van der Waals surface area (Å²) in [4.78, 5) is 9.15. The van der Waals surface area contributed by atoms with Crippen LogP contribution in [0.2, 0.25) is 0 Å². The summed E-state index contributed by atoms with van der Waals surface area (Å²) in [7, 11) is 0. The Balaban J connectivity index is 2.78. The predicted octanol–water partition coefficient (Wildman–Crippen LogP) is 3.27. The molecule has 0 saturated carbocycles. The van der Waals surface area contributed by atoms with Crippen LogP contribution in [0.15, 0.2) is 5.16 Å². The monoisotopic (exact) mass is 267 g/mol. The van der Waals surface area contributed by atoms with Gasteiger partial charge in [0.05, 0.1) is 0 Å². The first kappa shape index (κ1) is 15.4. The van der Waals surface area contributed by atoms with Crippen molar-refractivity contribution in [2.75, 3.05) is 6.54 Å². The maximum Gasteiger partial charge on any atom is 0.188 e. The molecule has 0 spiro atoms. The number of nitrogens with one attached hydrogen (secondary N) is 1. The molecular formula is C14H25N3S. The molecular weight excluding hydrogens is 242 g/mol. The predicted molar refractivity (Wildman–Crippen MR) is 79.3 cm³/mol. The van der Waals surface area contributed by atoms with Crippen LogP contribution in [0.3, 0.4) is 0 Å². The van der Waals surface area contributed by atoms with Crippen molar-refractivity contribution in [1.82, 2.24) is 15.3 Å². The second-order valence-corrected chi connectivity index (χ2v) is 6.04. The topological polar surface area (TPSA) is 37.8 Å². The van der Waals surface area contributed by atoms with E-state index in [1.165, 1.54) is 5.56 Å². The van der Waals surface area contributed by atoms with Gasteiger partial charge >= 0.3 is 0 Å². The number of aryl methyl sites for hydroxylation is 2. The van der Waals surface area contributed by atoms with Crippen LogP contribution >= 0.6 is 11.8 Å². The summed E-state index contributed by atoms with van der Waals surface area (Å²) in [6, 6.07) is 0.519. The summed E-state index contributed by atoms with van der Waals surface area (Å²) in [6.07, 6.45) is 1.13. The fourth-order valence-electron chi connectivity index (χ4n) is 1.95. The molecule has 0 aliphatic rings. The highest BCUT2D eigenvalue weighted by Crippen LogP contribution is 2.24. The second kappa shape index (κ2) is 7.10. The highest BCUT2D eigenvalue weighted by molar-refractivity contribution is 7.99. The lowest BCUT2D eigenvalue weighted by Crippen LogP contribution is -2.36. The summed E-state index contributed by atoms with van der Waals surface area (Å²) >= 11 is 1.77. The average molecular weight is 267 g/mol. The van der Waals surface area contributed by atoms with Gasteiger partial charge in [-0.15, -0.1) is 0 Å². The Labute approximate surface area is 115 Å². The molecule has 4 heteroatoms. The summed E-state index contributed by atoms with van der Waals surface area (Å²) < 4.78 is 0. The molecule has 0 saturated heterocycles. The van der Waals surface area contributed by atoms with Crippen molar-refractivity contribution in [1.29, 1.82) is 0 Å². The molecule has 3 nitrogen and oxygen atoms in total. The third kappa shape index (κ3) is 3.95. The van der Waals surface area contributed by atoms with Gasteiger partial charge in [-0.25, -0.2) is 9.97 Å². The molecule has 0 amide bonds. The first-order valence-electron chi connectivity index (χ1n) is 6.71. The Morgan fingerprint density at radius 2 is 1.67 bits per heavy atom. The molecule has 18 heavy (non-hydrogen) atoms. The van der Waals surface area contributed by atoms with Crippen LogP contribution in [-0.4, -0.2) is 27.8 Å². The normalized spacial score (nSPS) is 14.6. The third-order valence-corrected chi connectivity index (χ3v) is 4.47. The lowest BCUT2D eigenvalue weighted by atomic mass is 10.2. The first-order valence-corrected chi connectivity index (χ1v) is 7.59. The zero-order chi connectivity index (χ0) is 13.7. The van der Waals surface area contributed by atoms with E-state index < -0.39 is 0 Å². The fourth-order valence-corrected chi connectivity index (χ4v) is 3.11. The zero-order valence-corrected chi connectivity index (χ0v) is 13.2. The molecule has 0 aliphatic carbocycles. The Morgan fingerprint density at radius 1 is 1.11 bits per heavy atom. The zero-order valence-electron chi connectivity index (χ0n) is 12.4. The molecule has 0 radical (unpaired) electrons. The Morgan fingerprint density at radius 3 is 2.11 bits per heavy atom. The molecule has 1 aromatic heterocycles. The minimum absolute atomic E-state index is 0.483. The van der Waals surface area contributed by atoms with Gasteiger partial charge in [0, 0.05) is 22.7 Å². The summed E-state index contributed by atoms with van der Waals surface area (Å²) in [5.74, 6) is 0. The van der Waals surface area contributed by atoms with E-state index in [2.05, 4.69) is 56.8 Å². The maximum absolute atomic E-state index is 4.57. The van der Waals surface area contributed by atoms with Crippen molar-refractivity contribution in [3.8, 4) is 0 Å². The second-order valence-electron chi connectivity index (χ2n) is 4.70. The van der Waals surface area contributed by atoms with E-state index in [1.54, 1.807) is 11.8 Å². The van der Waals surface area contributed by atoms with Crippen LogP contribution in [-0.2, 0) is 0 Å². The molecule has 1 heterocycles. The quantitative estimate of drug-likeness (QED) is 0.634. The standard InChI is InChI=1S/C14H25N3S/c1-7-13(15-8-2)12(6)18-14-16-10(4)9(3)11(5)17-14/h12-13,15H,7-8H2,1-6H3. The number of rotatable bonds is 6. The minimum atomic E-state index is 0.483. The Kier molecular flexibility index (Phi) is 6.09. The molecule has 0 fully saturated rings. The van der Waals surface area contributed by atoms with E-state index in [0.717, 1.165) is 29.5 Å². The van der Waals surface area contributed by atoms with Crippen LogP contribution in [0.25, 0.3) is 0 Å². The van der Waals surface area contributed by atoms with Crippen LogP contribution < -0.4 is 5.32 Å². The van der Waals surface area contributed by atoms with Gasteiger partial charge in [-0.1, -0.05) is 32.5 Å². The largest absolute Gasteiger partial charge is 0.313 e. The van der Waals surface area contributed by atoms with Crippen molar-refractivity contribution in [3.63, 3.8) is 0 Å². The Bertz CT molecular complexity index is 370. The van der Waals surface area contributed by atoms with Gasteiger partial charge in [-0.05, 0) is 39.3 Å². The van der Waals surface area contributed by atoms with Gasteiger partial charge in [0.1, 0.15) is 0 Å². The fraction of sp³-hybridized carbons (Fsp3) is 0.714. The summed E-state index contributed by atoms with van der Waals surface area (Å²) in [5.41, 5.74) is 3.38.